The fourth-order valence-corrected chi connectivity index (χ4v) is 3.49. The largest absolute Gasteiger partial charge is 0.418 e. The van der Waals surface area contributed by atoms with Gasteiger partial charge in [0.25, 0.3) is 0 Å². The Balaban J connectivity index is 3.24. The molecule has 0 saturated carbocycles. The maximum absolute atomic E-state index is 13.6. The topological polar surface area (TPSA) is 20.2 Å². The molecule has 1 aromatic carbocycles. The zero-order chi connectivity index (χ0) is 19.7. The van der Waals surface area contributed by atoms with Crippen molar-refractivity contribution in [2.45, 2.75) is 70.4 Å². The summed E-state index contributed by atoms with van der Waals surface area (Å²) < 4.78 is 54.3. The lowest BCUT2D eigenvalue weighted by molar-refractivity contribution is -0.264. The van der Waals surface area contributed by atoms with Crippen molar-refractivity contribution in [1.29, 1.82) is 0 Å². The Hall–Kier alpha value is -1.32. The third-order valence-corrected chi connectivity index (χ3v) is 4.96. The molecular weight excluding hydrogens is 348 g/mol. The van der Waals surface area contributed by atoms with E-state index in [0.717, 1.165) is 0 Å². The van der Waals surface area contributed by atoms with E-state index >= 15 is 0 Å². The number of hydrogen-bond acceptors (Lipinski definition) is 1. The van der Waals surface area contributed by atoms with E-state index in [4.69, 9.17) is 0 Å². The fraction of sp³-hybridized carbons (Fsp3) is 0.579. The Kier molecular flexibility index (Phi) is 6.19. The van der Waals surface area contributed by atoms with Gasteiger partial charge in [-0.25, -0.2) is 4.39 Å². The van der Waals surface area contributed by atoms with Crippen LogP contribution in [-0.2, 0) is 5.41 Å². The highest BCUT2D eigenvalue weighted by Gasteiger charge is 2.55. The first-order chi connectivity index (χ1) is 11.1. The third-order valence-electron chi connectivity index (χ3n) is 4.04. The van der Waals surface area contributed by atoms with Crippen molar-refractivity contribution >= 4 is 8.07 Å². The summed E-state index contributed by atoms with van der Waals surface area (Å²) in [6.07, 6.45) is -6.09. The normalized spacial score (nSPS) is 15.3. The van der Waals surface area contributed by atoms with Gasteiger partial charge >= 0.3 is 6.18 Å². The summed E-state index contributed by atoms with van der Waals surface area (Å²) in [4.78, 5) is 0. The van der Waals surface area contributed by atoms with Crippen molar-refractivity contribution in [2.24, 2.45) is 0 Å². The van der Waals surface area contributed by atoms with Gasteiger partial charge < -0.3 is 5.11 Å². The SMILES string of the molecule is Cc1ccc(F)cc1C(C)(C)C[C@@](O)(CC#C[Si](C)(C)C)C(F)(F)F. The molecule has 1 nitrogen and oxygen atoms in total. The van der Waals surface area contributed by atoms with E-state index in [-0.39, 0.29) is 0 Å². The minimum absolute atomic E-state index is 0.452. The number of rotatable bonds is 4. The highest BCUT2D eigenvalue weighted by atomic mass is 28.3. The molecule has 0 spiro atoms. The molecule has 0 heterocycles. The number of aryl methyl sites for hydroxylation is 1. The van der Waals surface area contributed by atoms with Gasteiger partial charge in [0.05, 0.1) is 0 Å². The quantitative estimate of drug-likeness (QED) is 0.427. The number of aliphatic hydroxyl groups is 1. The van der Waals surface area contributed by atoms with Crippen LogP contribution in [0.3, 0.4) is 0 Å². The van der Waals surface area contributed by atoms with Crippen molar-refractivity contribution in [3.8, 4) is 11.5 Å². The molecule has 0 fully saturated rings. The second kappa shape index (κ2) is 7.12. The first kappa shape index (κ1) is 21.7. The zero-order valence-electron chi connectivity index (χ0n) is 15.6. The van der Waals surface area contributed by atoms with Gasteiger partial charge in [-0.05, 0) is 42.0 Å². The van der Waals surface area contributed by atoms with Crippen molar-refractivity contribution in [2.75, 3.05) is 0 Å². The average molecular weight is 374 g/mol. The summed E-state index contributed by atoms with van der Waals surface area (Å²) in [5.74, 6) is 2.03. The molecule has 1 rings (SSSR count). The van der Waals surface area contributed by atoms with Gasteiger partial charge in [0, 0.05) is 6.42 Å². The monoisotopic (exact) mass is 374 g/mol. The molecule has 0 aliphatic carbocycles. The van der Waals surface area contributed by atoms with Crippen molar-refractivity contribution < 1.29 is 22.7 Å². The van der Waals surface area contributed by atoms with Crippen LogP contribution >= 0.6 is 0 Å². The summed E-state index contributed by atoms with van der Waals surface area (Å²) in [7, 11) is -1.84. The zero-order valence-corrected chi connectivity index (χ0v) is 16.6. The second-order valence-electron chi connectivity index (χ2n) is 8.28. The Morgan fingerprint density at radius 2 is 1.68 bits per heavy atom. The number of alkyl halides is 3. The van der Waals surface area contributed by atoms with Crippen LogP contribution in [-0.4, -0.2) is 25.0 Å². The minimum atomic E-state index is -4.82. The van der Waals surface area contributed by atoms with Gasteiger partial charge in [-0.1, -0.05) is 39.6 Å². The number of halogens is 4. The van der Waals surface area contributed by atoms with Gasteiger partial charge in [0.2, 0.25) is 0 Å². The maximum atomic E-state index is 13.6. The lowest BCUT2D eigenvalue weighted by atomic mass is 9.72. The van der Waals surface area contributed by atoms with Crippen LogP contribution in [0.2, 0.25) is 19.6 Å². The Labute approximate surface area is 148 Å². The Morgan fingerprint density at radius 1 is 1.12 bits per heavy atom. The van der Waals surface area contributed by atoms with Crippen LogP contribution < -0.4 is 0 Å². The third kappa shape index (κ3) is 5.86. The van der Waals surface area contributed by atoms with Gasteiger partial charge in [0.15, 0.2) is 5.60 Å². The van der Waals surface area contributed by atoms with Gasteiger partial charge in [-0.2, -0.15) is 13.2 Å². The predicted molar refractivity (Wildman–Crippen MR) is 95.5 cm³/mol. The van der Waals surface area contributed by atoms with Crippen molar-refractivity contribution in [3.05, 3.63) is 35.1 Å². The summed E-state index contributed by atoms with van der Waals surface area (Å²) in [5.41, 5.74) is -0.0136. The molecule has 0 bridgehead atoms. The van der Waals surface area contributed by atoms with E-state index in [9.17, 15) is 22.7 Å². The molecule has 0 aromatic heterocycles. The standard InChI is InChI=1S/C19H26F4OSi/c1-14-8-9-15(20)12-16(14)17(2,3)13-18(24,19(21,22)23)10-7-11-25(4,5)6/h8-9,12,24H,10,13H2,1-6H3/t18-/m0/s1. The molecule has 0 amide bonds. The molecule has 0 radical (unpaired) electrons. The van der Waals surface area contributed by atoms with Crippen LogP contribution in [0, 0.1) is 24.2 Å². The van der Waals surface area contributed by atoms with Crippen LogP contribution in [0.1, 0.15) is 37.8 Å². The highest BCUT2D eigenvalue weighted by Crippen LogP contribution is 2.43. The van der Waals surface area contributed by atoms with Crippen LogP contribution in [0.4, 0.5) is 17.6 Å². The molecular formula is C19H26F4OSi. The molecule has 0 aliphatic rings. The smallest absolute Gasteiger partial charge is 0.380 e. The van der Waals surface area contributed by atoms with E-state index in [1.165, 1.54) is 18.2 Å². The van der Waals surface area contributed by atoms with Gasteiger partial charge in [-0.15, -0.1) is 11.5 Å². The van der Waals surface area contributed by atoms with E-state index in [1.54, 1.807) is 20.8 Å². The number of benzene rings is 1. The van der Waals surface area contributed by atoms with Crippen LogP contribution in [0.25, 0.3) is 0 Å². The minimum Gasteiger partial charge on any atom is -0.380 e. The molecule has 6 heteroatoms. The molecule has 25 heavy (non-hydrogen) atoms. The van der Waals surface area contributed by atoms with E-state index < -0.39 is 43.9 Å². The molecule has 1 N–H and O–H groups in total. The summed E-state index contributed by atoms with van der Waals surface area (Å²) in [6.45, 7) is 10.6. The van der Waals surface area contributed by atoms with E-state index in [1.807, 2.05) is 19.6 Å². The van der Waals surface area contributed by atoms with Crippen LogP contribution in [0.15, 0.2) is 18.2 Å². The summed E-state index contributed by atoms with van der Waals surface area (Å²) in [5, 5.41) is 10.4. The predicted octanol–water partition coefficient (Wildman–Crippen LogP) is 5.37. The average Bonchev–Trinajstić information content (AvgIpc) is 2.38. The maximum Gasteiger partial charge on any atom is 0.418 e. The van der Waals surface area contributed by atoms with Crippen LogP contribution in [0.5, 0.6) is 0 Å². The lowest BCUT2D eigenvalue weighted by Gasteiger charge is -2.37. The Bertz CT molecular complexity index is 677. The number of hydrogen-bond donors (Lipinski definition) is 1. The molecule has 140 valence electrons. The van der Waals surface area contributed by atoms with Crippen molar-refractivity contribution in [3.63, 3.8) is 0 Å². The lowest BCUT2D eigenvalue weighted by Crippen LogP contribution is -2.49. The first-order valence-electron chi connectivity index (χ1n) is 8.13. The molecule has 0 aliphatic heterocycles. The molecule has 1 atom stereocenters. The van der Waals surface area contributed by atoms with E-state index in [0.29, 0.717) is 11.1 Å². The second-order valence-corrected chi connectivity index (χ2v) is 13.0. The van der Waals surface area contributed by atoms with Gasteiger partial charge in [0.1, 0.15) is 13.9 Å². The van der Waals surface area contributed by atoms with Gasteiger partial charge in [-0.3, -0.25) is 0 Å². The summed E-state index contributed by atoms with van der Waals surface area (Å²) in [6, 6.07) is 4.04. The molecule has 1 aromatic rings. The molecule has 0 unspecified atom stereocenters. The summed E-state index contributed by atoms with van der Waals surface area (Å²) >= 11 is 0. The first-order valence-corrected chi connectivity index (χ1v) is 11.6. The van der Waals surface area contributed by atoms with E-state index in [2.05, 4.69) is 11.5 Å². The van der Waals surface area contributed by atoms with Crippen molar-refractivity contribution in [1.82, 2.24) is 0 Å². The molecule has 0 saturated heterocycles. The fourth-order valence-electron chi connectivity index (χ4n) is 2.87. The Morgan fingerprint density at radius 3 is 2.16 bits per heavy atom. The highest BCUT2D eigenvalue weighted by molar-refractivity contribution is 6.83.